The Hall–Kier alpha value is -5.38. The first kappa shape index (κ1) is 21.2. The molecule has 0 atom stereocenters. The molecule has 0 bridgehead atoms. The van der Waals surface area contributed by atoms with Crippen molar-refractivity contribution in [3.8, 4) is 22.6 Å². The Kier molecular flexibility index (Phi) is 5.57. The van der Waals surface area contributed by atoms with E-state index in [-0.39, 0.29) is 0 Å². The summed E-state index contributed by atoms with van der Waals surface area (Å²) in [6, 6.07) is 25.8. The molecule has 3 aromatic heterocycles. The summed E-state index contributed by atoms with van der Waals surface area (Å²) in [7, 11) is 0. The van der Waals surface area contributed by atoms with Crippen molar-refractivity contribution in [2.45, 2.75) is 0 Å². The Morgan fingerprint density at radius 3 is 1.83 bits per heavy atom. The van der Waals surface area contributed by atoms with E-state index in [2.05, 4.69) is 42.3 Å². The molecule has 0 saturated carbocycles. The maximum atomic E-state index is 4.71. The van der Waals surface area contributed by atoms with Gasteiger partial charge in [-0.3, -0.25) is 0 Å². The van der Waals surface area contributed by atoms with E-state index in [1.807, 2.05) is 79.0 Å². The van der Waals surface area contributed by atoms with Crippen LogP contribution < -0.4 is 10.6 Å². The Balaban J connectivity index is 1.17. The van der Waals surface area contributed by atoms with Gasteiger partial charge >= 0.3 is 0 Å². The number of anilines is 4. The van der Waals surface area contributed by atoms with Gasteiger partial charge in [0.2, 0.25) is 5.95 Å². The third-order valence-corrected chi connectivity index (χ3v) is 5.47. The molecule has 0 saturated heterocycles. The molecule has 0 amide bonds. The molecule has 36 heavy (non-hydrogen) atoms. The topological polar surface area (TPSA) is 111 Å². The second-order valence-electron chi connectivity index (χ2n) is 7.89. The predicted molar refractivity (Wildman–Crippen MR) is 137 cm³/mol. The minimum atomic E-state index is 0.517. The third-order valence-electron chi connectivity index (χ3n) is 5.47. The van der Waals surface area contributed by atoms with Crippen molar-refractivity contribution in [1.82, 2.24) is 40.0 Å². The molecule has 6 rings (SSSR count). The second-order valence-corrected chi connectivity index (χ2v) is 7.89. The second kappa shape index (κ2) is 9.47. The summed E-state index contributed by atoms with van der Waals surface area (Å²) >= 11 is 0. The van der Waals surface area contributed by atoms with Crippen LogP contribution in [0.5, 0.6) is 0 Å². The van der Waals surface area contributed by atoms with Crippen LogP contribution in [-0.2, 0) is 0 Å². The van der Waals surface area contributed by atoms with Gasteiger partial charge in [0.25, 0.3) is 0 Å². The lowest BCUT2D eigenvalue weighted by Gasteiger charge is -2.10. The summed E-state index contributed by atoms with van der Waals surface area (Å²) < 4.78 is 3.42. The maximum absolute atomic E-state index is 4.71. The Morgan fingerprint density at radius 2 is 1.22 bits per heavy atom. The standard InChI is InChI=1S/C26H20N10/c1-2-19(18-22(3-1)30-20-4-8-23(9-5-20)35-16-14-28-33-35)25-12-13-27-26(32-25)31-21-6-10-24(11-7-21)36-17-15-29-34-36/h1-18,30H,(H,27,31,32). The lowest BCUT2D eigenvalue weighted by Crippen LogP contribution is -1.99. The fourth-order valence-electron chi connectivity index (χ4n) is 3.72. The van der Waals surface area contributed by atoms with Crippen molar-refractivity contribution < 1.29 is 0 Å². The van der Waals surface area contributed by atoms with E-state index in [0.717, 1.165) is 39.7 Å². The monoisotopic (exact) mass is 472 g/mol. The van der Waals surface area contributed by atoms with E-state index in [9.17, 15) is 0 Å². The predicted octanol–water partition coefficient (Wildman–Crippen LogP) is 4.79. The fraction of sp³-hybridized carbons (Fsp3) is 0. The molecule has 10 heteroatoms. The maximum Gasteiger partial charge on any atom is 0.227 e. The molecule has 3 aromatic carbocycles. The largest absolute Gasteiger partial charge is 0.356 e. The zero-order valence-corrected chi connectivity index (χ0v) is 19.0. The Labute approximate surface area is 206 Å². The third kappa shape index (κ3) is 4.64. The number of nitrogens with one attached hydrogen (secondary N) is 2. The highest BCUT2D eigenvalue weighted by Crippen LogP contribution is 2.25. The van der Waals surface area contributed by atoms with Crippen molar-refractivity contribution in [3.05, 3.63) is 110 Å². The normalized spacial score (nSPS) is 10.8. The quantitative estimate of drug-likeness (QED) is 0.341. The van der Waals surface area contributed by atoms with Gasteiger partial charge in [-0.25, -0.2) is 19.3 Å². The van der Waals surface area contributed by atoms with Gasteiger partial charge in [-0.05, 0) is 66.7 Å². The highest BCUT2D eigenvalue weighted by atomic mass is 15.4. The number of rotatable bonds is 7. The zero-order valence-electron chi connectivity index (χ0n) is 19.0. The highest BCUT2D eigenvalue weighted by Gasteiger charge is 2.06. The molecule has 0 aliphatic carbocycles. The Morgan fingerprint density at radius 1 is 0.583 bits per heavy atom. The number of benzene rings is 3. The first-order chi connectivity index (χ1) is 17.8. The van der Waals surface area contributed by atoms with Crippen molar-refractivity contribution in [2.75, 3.05) is 10.6 Å². The number of hydrogen-bond acceptors (Lipinski definition) is 8. The van der Waals surface area contributed by atoms with Gasteiger partial charge < -0.3 is 10.6 Å². The van der Waals surface area contributed by atoms with Crippen LogP contribution >= 0.6 is 0 Å². The molecule has 0 fully saturated rings. The van der Waals surface area contributed by atoms with Crippen LogP contribution in [-0.4, -0.2) is 40.0 Å². The summed E-state index contributed by atoms with van der Waals surface area (Å²) in [6.07, 6.45) is 8.66. The number of aromatic nitrogens is 8. The first-order valence-electron chi connectivity index (χ1n) is 11.2. The molecule has 6 aromatic rings. The van der Waals surface area contributed by atoms with Crippen molar-refractivity contribution in [1.29, 1.82) is 0 Å². The molecule has 3 heterocycles. The SMILES string of the molecule is c1cc(Nc2ccc(-n3ccnn3)cc2)cc(-c2ccnc(Nc3ccc(-n4ccnn4)cc3)n2)c1. The van der Waals surface area contributed by atoms with E-state index < -0.39 is 0 Å². The van der Waals surface area contributed by atoms with E-state index in [1.165, 1.54) is 0 Å². The van der Waals surface area contributed by atoms with E-state index in [0.29, 0.717) is 5.95 Å². The lowest BCUT2D eigenvalue weighted by atomic mass is 10.1. The van der Waals surface area contributed by atoms with Crippen molar-refractivity contribution in [2.24, 2.45) is 0 Å². The fourth-order valence-corrected chi connectivity index (χ4v) is 3.72. The summed E-state index contributed by atoms with van der Waals surface area (Å²) in [5, 5.41) is 22.4. The van der Waals surface area contributed by atoms with Gasteiger partial charge in [0.15, 0.2) is 0 Å². The molecule has 0 aliphatic heterocycles. The highest BCUT2D eigenvalue weighted by molar-refractivity contribution is 5.70. The molecule has 0 radical (unpaired) electrons. The molecular formula is C26H20N10. The summed E-state index contributed by atoms with van der Waals surface area (Å²) in [5.74, 6) is 0.517. The van der Waals surface area contributed by atoms with Crippen LogP contribution in [0.1, 0.15) is 0 Å². The van der Waals surface area contributed by atoms with Crippen LogP contribution in [0.4, 0.5) is 23.0 Å². The minimum absolute atomic E-state index is 0.517. The summed E-state index contributed by atoms with van der Waals surface area (Å²) in [5.41, 5.74) is 6.46. The lowest BCUT2D eigenvalue weighted by molar-refractivity contribution is 0.803. The van der Waals surface area contributed by atoms with Crippen molar-refractivity contribution in [3.63, 3.8) is 0 Å². The first-order valence-corrected chi connectivity index (χ1v) is 11.2. The zero-order chi connectivity index (χ0) is 24.2. The molecular weight excluding hydrogens is 452 g/mol. The van der Waals surface area contributed by atoms with Crippen molar-refractivity contribution >= 4 is 23.0 Å². The minimum Gasteiger partial charge on any atom is -0.356 e. The molecule has 0 unspecified atom stereocenters. The van der Waals surface area contributed by atoms with Crippen LogP contribution in [0.25, 0.3) is 22.6 Å². The Bertz CT molecular complexity index is 1440. The molecule has 2 N–H and O–H groups in total. The van der Waals surface area contributed by atoms with Crippen LogP contribution in [0.2, 0.25) is 0 Å². The number of nitrogens with zero attached hydrogens (tertiary/aromatic N) is 8. The smallest absolute Gasteiger partial charge is 0.227 e. The van der Waals surface area contributed by atoms with Crippen LogP contribution in [0.15, 0.2) is 110 Å². The summed E-state index contributed by atoms with van der Waals surface area (Å²) in [4.78, 5) is 9.08. The van der Waals surface area contributed by atoms with Gasteiger partial charge in [-0.1, -0.05) is 22.6 Å². The molecule has 0 aliphatic rings. The number of hydrogen-bond donors (Lipinski definition) is 2. The average molecular weight is 473 g/mol. The van der Waals surface area contributed by atoms with Gasteiger partial charge in [-0.2, -0.15) is 0 Å². The van der Waals surface area contributed by atoms with Gasteiger partial charge in [-0.15, -0.1) is 10.2 Å². The van der Waals surface area contributed by atoms with Gasteiger partial charge in [0.05, 0.1) is 41.9 Å². The van der Waals surface area contributed by atoms with E-state index in [4.69, 9.17) is 4.98 Å². The van der Waals surface area contributed by atoms with E-state index >= 15 is 0 Å². The van der Waals surface area contributed by atoms with Crippen LogP contribution in [0, 0.1) is 0 Å². The molecule has 10 nitrogen and oxygen atoms in total. The summed E-state index contributed by atoms with van der Waals surface area (Å²) in [6.45, 7) is 0. The molecule has 174 valence electrons. The van der Waals surface area contributed by atoms with Gasteiger partial charge in [0, 0.05) is 28.8 Å². The van der Waals surface area contributed by atoms with Crippen LogP contribution in [0.3, 0.4) is 0 Å². The molecule has 0 spiro atoms. The average Bonchev–Trinajstić information content (AvgIpc) is 3.65. The van der Waals surface area contributed by atoms with Gasteiger partial charge in [0.1, 0.15) is 0 Å². The van der Waals surface area contributed by atoms with E-state index in [1.54, 1.807) is 34.2 Å².